The fourth-order valence-electron chi connectivity index (χ4n) is 3.24. The molecule has 4 heteroatoms. The Hall–Kier alpha value is -1.03. The molecule has 1 saturated carbocycles. The van der Waals surface area contributed by atoms with E-state index in [9.17, 15) is 13.2 Å². The van der Waals surface area contributed by atoms with Crippen LogP contribution in [0.1, 0.15) is 44.6 Å². The summed E-state index contributed by atoms with van der Waals surface area (Å²) in [5.74, 6) is -1.18. The Labute approximate surface area is 124 Å². The number of nitrogens with one attached hydrogen (secondary N) is 1. The quantitative estimate of drug-likeness (QED) is 0.829. The Balaban J connectivity index is 1.99. The first kappa shape index (κ1) is 16.3. The van der Waals surface area contributed by atoms with Crippen LogP contribution in [0.25, 0.3) is 0 Å². The lowest BCUT2D eigenvalue weighted by atomic mass is 9.83. The van der Waals surface area contributed by atoms with Crippen LogP contribution in [0.4, 0.5) is 13.2 Å². The molecule has 0 saturated heterocycles. The van der Waals surface area contributed by atoms with Crippen molar-refractivity contribution in [3.05, 3.63) is 35.9 Å². The monoisotopic (exact) mass is 299 g/mol. The maximum absolute atomic E-state index is 13.1. The highest BCUT2D eigenvalue weighted by Gasteiger charge is 2.45. The number of rotatable bonds is 5. The van der Waals surface area contributed by atoms with Gasteiger partial charge in [0.1, 0.15) is 0 Å². The molecule has 1 nitrogen and oxygen atoms in total. The zero-order chi connectivity index (χ0) is 15.3. The lowest BCUT2D eigenvalue weighted by molar-refractivity contribution is -0.189. The van der Waals surface area contributed by atoms with Gasteiger partial charge in [0.05, 0.1) is 5.92 Å². The molecule has 1 aliphatic carbocycles. The van der Waals surface area contributed by atoms with E-state index >= 15 is 0 Å². The SMILES string of the molecule is CCC(Cc1ccccc1)NC1CCCCC1C(F)(F)F. The normalized spacial score (nSPS) is 24.8. The van der Waals surface area contributed by atoms with E-state index in [-0.39, 0.29) is 12.5 Å². The second kappa shape index (κ2) is 7.30. The summed E-state index contributed by atoms with van der Waals surface area (Å²) in [5.41, 5.74) is 1.18. The predicted molar refractivity (Wildman–Crippen MR) is 79.2 cm³/mol. The second-order valence-electron chi connectivity index (χ2n) is 6.00. The Morgan fingerprint density at radius 2 is 1.81 bits per heavy atom. The van der Waals surface area contributed by atoms with Crippen LogP contribution < -0.4 is 5.32 Å². The number of hydrogen-bond acceptors (Lipinski definition) is 1. The Kier molecular flexibility index (Phi) is 5.68. The Morgan fingerprint density at radius 1 is 1.14 bits per heavy atom. The maximum Gasteiger partial charge on any atom is 0.393 e. The van der Waals surface area contributed by atoms with Crippen LogP contribution in [-0.2, 0) is 6.42 Å². The predicted octanol–water partition coefficient (Wildman–Crippen LogP) is 4.72. The molecule has 118 valence electrons. The van der Waals surface area contributed by atoms with Gasteiger partial charge < -0.3 is 5.32 Å². The van der Waals surface area contributed by atoms with Gasteiger partial charge in [0, 0.05) is 12.1 Å². The van der Waals surface area contributed by atoms with Crippen LogP contribution in [0.5, 0.6) is 0 Å². The molecule has 2 rings (SSSR count). The summed E-state index contributed by atoms with van der Waals surface area (Å²) in [7, 11) is 0. The average molecular weight is 299 g/mol. The van der Waals surface area contributed by atoms with Gasteiger partial charge in [-0.25, -0.2) is 0 Å². The highest BCUT2D eigenvalue weighted by Crippen LogP contribution is 2.38. The van der Waals surface area contributed by atoms with Crippen molar-refractivity contribution < 1.29 is 13.2 Å². The minimum absolute atomic E-state index is 0.111. The zero-order valence-electron chi connectivity index (χ0n) is 12.5. The third kappa shape index (κ3) is 4.73. The van der Waals surface area contributed by atoms with Gasteiger partial charge in [-0.2, -0.15) is 13.2 Å². The molecule has 1 aliphatic rings. The van der Waals surface area contributed by atoms with E-state index in [1.54, 1.807) is 0 Å². The van der Waals surface area contributed by atoms with E-state index in [0.29, 0.717) is 12.8 Å². The van der Waals surface area contributed by atoms with E-state index in [1.807, 2.05) is 37.3 Å². The van der Waals surface area contributed by atoms with Gasteiger partial charge in [0.2, 0.25) is 0 Å². The van der Waals surface area contributed by atoms with Crippen molar-refractivity contribution in [2.24, 2.45) is 5.92 Å². The van der Waals surface area contributed by atoms with Crippen molar-refractivity contribution in [2.75, 3.05) is 0 Å². The van der Waals surface area contributed by atoms with Crippen molar-refractivity contribution in [3.8, 4) is 0 Å². The van der Waals surface area contributed by atoms with Crippen LogP contribution in [0.2, 0.25) is 0 Å². The van der Waals surface area contributed by atoms with Crippen molar-refractivity contribution in [1.82, 2.24) is 5.32 Å². The van der Waals surface area contributed by atoms with Gasteiger partial charge in [-0.15, -0.1) is 0 Å². The molecule has 1 aromatic rings. The zero-order valence-corrected chi connectivity index (χ0v) is 12.5. The van der Waals surface area contributed by atoms with Crippen LogP contribution >= 0.6 is 0 Å². The highest BCUT2D eigenvalue weighted by atomic mass is 19.4. The van der Waals surface area contributed by atoms with Crippen LogP contribution in [0.3, 0.4) is 0 Å². The molecule has 0 amide bonds. The van der Waals surface area contributed by atoms with Gasteiger partial charge in [-0.05, 0) is 31.2 Å². The van der Waals surface area contributed by atoms with Gasteiger partial charge in [-0.3, -0.25) is 0 Å². The molecule has 0 spiro atoms. The number of hydrogen-bond donors (Lipinski definition) is 1. The maximum atomic E-state index is 13.1. The lowest BCUT2D eigenvalue weighted by Crippen LogP contribution is -2.49. The van der Waals surface area contributed by atoms with Crippen molar-refractivity contribution in [1.29, 1.82) is 0 Å². The van der Waals surface area contributed by atoms with Crippen molar-refractivity contribution >= 4 is 0 Å². The fourth-order valence-corrected chi connectivity index (χ4v) is 3.24. The molecule has 1 fully saturated rings. The standard InChI is InChI=1S/C17H24F3N/c1-2-14(12-13-8-4-3-5-9-13)21-16-11-7-6-10-15(16)17(18,19)20/h3-5,8-9,14-16,21H,2,6-7,10-12H2,1H3. The van der Waals surface area contributed by atoms with Crippen LogP contribution in [-0.4, -0.2) is 18.3 Å². The third-order valence-corrected chi connectivity index (χ3v) is 4.45. The van der Waals surface area contributed by atoms with Gasteiger partial charge >= 0.3 is 6.18 Å². The molecule has 0 aromatic heterocycles. The highest BCUT2D eigenvalue weighted by molar-refractivity contribution is 5.16. The molecule has 1 N–H and O–H groups in total. The van der Waals surface area contributed by atoms with Crippen molar-refractivity contribution in [2.45, 2.75) is 63.7 Å². The third-order valence-electron chi connectivity index (χ3n) is 4.45. The van der Waals surface area contributed by atoms with Crippen LogP contribution in [0, 0.1) is 5.92 Å². The summed E-state index contributed by atoms with van der Waals surface area (Å²) in [6.45, 7) is 2.03. The molecule has 1 aromatic carbocycles. The Bertz CT molecular complexity index is 416. The van der Waals surface area contributed by atoms with Gasteiger partial charge in [0.25, 0.3) is 0 Å². The number of benzene rings is 1. The summed E-state index contributed by atoms with van der Waals surface area (Å²) >= 11 is 0. The topological polar surface area (TPSA) is 12.0 Å². The largest absolute Gasteiger partial charge is 0.393 e. The average Bonchev–Trinajstić information content (AvgIpc) is 2.47. The molecular formula is C17H24F3N. The first-order valence-corrected chi connectivity index (χ1v) is 7.87. The van der Waals surface area contributed by atoms with Crippen molar-refractivity contribution in [3.63, 3.8) is 0 Å². The summed E-state index contributed by atoms with van der Waals surface area (Å²) in [6, 6.07) is 9.66. The fraction of sp³-hybridized carbons (Fsp3) is 0.647. The molecule has 0 aliphatic heterocycles. The van der Waals surface area contributed by atoms with Gasteiger partial charge in [0.15, 0.2) is 0 Å². The number of alkyl halides is 3. The molecular weight excluding hydrogens is 275 g/mol. The van der Waals surface area contributed by atoms with Crippen LogP contribution in [0.15, 0.2) is 30.3 Å². The molecule has 0 bridgehead atoms. The minimum Gasteiger partial charge on any atom is -0.310 e. The van der Waals surface area contributed by atoms with E-state index in [4.69, 9.17) is 0 Å². The molecule has 0 heterocycles. The smallest absolute Gasteiger partial charge is 0.310 e. The minimum atomic E-state index is -4.08. The summed E-state index contributed by atoms with van der Waals surface area (Å²) in [6.07, 6.45) is 0.0414. The lowest BCUT2D eigenvalue weighted by Gasteiger charge is -2.36. The second-order valence-corrected chi connectivity index (χ2v) is 6.00. The molecule has 3 atom stereocenters. The first-order valence-electron chi connectivity index (χ1n) is 7.87. The summed E-state index contributed by atoms with van der Waals surface area (Å²) in [5, 5.41) is 3.29. The molecule has 3 unspecified atom stereocenters. The molecule has 0 radical (unpaired) electrons. The van der Waals surface area contributed by atoms with E-state index in [1.165, 1.54) is 5.56 Å². The Morgan fingerprint density at radius 3 is 2.43 bits per heavy atom. The first-order chi connectivity index (χ1) is 10.0. The number of halogens is 3. The molecule has 21 heavy (non-hydrogen) atoms. The van der Waals surface area contributed by atoms with E-state index in [0.717, 1.165) is 19.3 Å². The van der Waals surface area contributed by atoms with E-state index < -0.39 is 18.1 Å². The van der Waals surface area contributed by atoms with E-state index in [2.05, 4.69) is 5.32 Å². The summed E-state index contributed by atoms with van der Waals surface area (Å²) < 4.78 is 39.4. The van der Waals surface area contributed by atoms with Gasteiger partial charge in [-0.1, -0.05) is 50.1 Å². The summed E-state index contributed by atoms with van der Waals surface area (Å²) in [4.78, 5) is 0.